The van der Waals surface area contributed by atoms with Gasteiger partial charge in [-0.15, -0.1) is 0 Å². The Morgan fingerprint density at radius 2 is 2.17 bits per heavy atom. The Labute approximate surface area is 116 Å². The maximum atomic E-state index is 11.7. The Bertz CT molecular complexity index is 385. The minimum Gasteiger partial charge on any atom is -0.396 e. The molecule has 5 heteroatoms. The predicted molar refractivity (Wildman–Crippen MR) is 76.6 cm³/mol. The maximum absolute atomic E-state index is 11.7. The van der Waals surface area contributed by atoms with Gasteiger partial charge in [0.15, 0.2) is 0 Å². The lowest BCUT2D eigenvalue weighted by Gasteiger charge is -2.13. The van der Waals surface area contributed by atoms with E-state index in [1.165, 1.54) is 0 Å². The van der Waals surface area contributed by atoms with Gasteiger partial charge >= 0.3 is 0 Å². The molecule has 1 aromatic rings. The third-order valence-electron chi connectivity index (χ3n) is 2.55. The van der Waals surface area contributed by atoms with E-state index in [2.05, 4.69) is 26.6 Å². The van der Waals surface area contributed by atoms with Crippen molar-refractivity contribution in [3.63, 3.8) is 0 Å². The van der Waals surface area contributed by atoms with E-state index in [1.54, 1.807) is 0 Å². The largest absolute Gasteiger partial charge is 0.396 e. The average molecular weight is 315 g/mol. The van der Waals surface area contributed by atoms with Crippen molar-refractivity contribution >= 4 is 27.5 Å². The highest BCUT2D eigenvalue weighted by Gasteiger charge is 2.07. The molecule has 0 aliphatic carbocycles. The summed E-state index contributed by atoms with van der Waals surface area (Å²) in [4.78, 5) is 11.7. The first-order chi connectivity index (χ1) is 8.63. The van der Waals surface area contributed by atoms with Crippen LogP contribution >= 0.6 is 15.9 Å². The molecule has 100 valence electrons. The van der Waals surface area contributed by atoms with Crippen molar-refractivity contribution < 1.29 is 9.90 Å². The third-order valence-corrected chi connectivity index (χ3v) is 3.25. The van der Waals surface area contributed by atoms with E-state index in [4.69, 9.17) is 5.11 Å². The number of anilines is 1. The molecule has 0 aromatic heterocycles. The molecule has 1 amide bonds. The molecule has 3 N–H and O–H groups in total. The van der Waals surface area contributed by atoms with Gasteiger partial charge in [-0.2, -0.15) is 0 Å². The number of amides is 1. The predicted octanol–water partition coefficient (Wildman–Crippen LogP) is 2.14. The molecule has 0 fully saturated rings. The van der Waals surface area contributed by atoms with Crippen LogP contribution in [0.4, 0.5) is 5.69 Å². The summed E-state index contributed by atoms with van der Waals surface area (Å²) in [6, 6.07) is 7.72. The quantitative estimate of drug-likeness (QED) is 0.722. The lowest BCUT2D eigenvalue weighted by atomic mass is 10.2. The zero-order valence-corrected chi connectivity index (χ0v) is 12.0. The van der Waals surface area contributed by atoms with Crippen molar-refractivity contribution in [2.45, 2.75) is 25.8 Å². The van der Waals surface area contributed by atoms with E-state index >= 15 is 0 Å². The number of aliphatic hydroxyl groups excluding tert-OH is 1. The van der Waals surface area contributed by atoms with Gasteiger partial charge < -0.3 is 15.7 Å². The van der Waals surface area contributed by atoms with Gasteiger partial charge in [-0.3, -0.25) is 4.79 Å². The topological polar surface area (TPSA) is 61.4 Å². The van der Waals surface area contributed by atoms with Crippen LogP contribution in [0.15, 0.2) is 28.7 Å². The fraction of sp³-hybridized carbons (Fsp3) is 0.462. The first-order valence-electron chi connectivity index (χ1n) is 6.02. The average Bonchev–Trinajstić information content (AvgIpc) is 2.36. The van der Waals surface area contributed by atoms with Crippen LogP contribution in [0.2, 0.25) is 0 Å². The van der Waals surface area contributed by atoms with Crippen molar-refractivity contribution in [1.29, 1.82) is 0 Å². The maximum Gasteiger partial charge on any atom is 0.238 e. The van der Waals surface area contributed by atoms with E-state index in [0.29, 0.717) is 0 Å². The van der Waals surface area contributed by atoms with E-state index in [-0.39, 0.29) is 25.1 Å². The summed E-state index contributed by atoms with van der Waals surface area (Å²) in [5.41, 5.74) is 0.771. The molecule has 0 radical (unpaired) electrons. The zero-order chi connectivity index (χ0) is 13.4. The van der Waals surface area contributed by atoms with Crippen LogP contribution in [0.1, 0.15) is 19.8 Å². The molecule has 0 saturated carbocycles. The fourth-order valence-electron chi connectivity index (χ4n) is 1.52. The Hall–Kier alpha value is -0.910. The third kappa shape index (κ3) is 5.62. The number of hydrogen-bond acceptors (Lipinski definition) is 3. The Kier molecular flexibility index (Phi) is 6.93. The highest BCUT2D eigenvalue weighted by Crippen LogP contribution is 2.20. The van der Waals surface area contributed by atoms with Crippen LogP contribution in [0.25, 0.3) is 0 Å². The van der Waals surface area contributed by atoms with Crippen LogP contribution in [0.5, 0.6) is 0 Å². The second kappa shape index (κ2) is 8.24. The van der Waals surface area contributed by atoms with Crippen molar-refractivity contribution in [2.75, 3.05) is 18.5 Å². The summed E-state index contributed by atoms with van der Waals surface area (Å²) in [5, 5.41) is 14.6. The fourth-order valence-corrected chi connectivity index (χ4v) is 1.91. The molecule has 0 spiro atoms. The normalized spacial score (nSPS) is 12.2. The molecule has 1 aromatic carbocycles. The lowest BCUT2D eigenvalue weighted by molar-refractivity contribution is -0.115. The molecule has 4 nitrogen and oxygen atoms in total. The summed E-state index contributed by atoms with van der Waals surface area (Å²) >= 11 is 3.38. The standard InChI is InChI=1S/C13H19BrN2O2/c1-10(5-4-8-17)15-9-13(18)16-12-7-3-2-6-11(12)14/h2-3,6-7,10,15,17H,4-5,8-9H2,1H3,(H,16,18). The summed E-state index contributed by atoms with van der Waals surface area (Å²) in [5.74, 6) is -0.0715. The number of carbonyl (C=O) groups excluding carboxylic acids is 1. The van der Waals surface area contributed by atoms with Gasteiger partial charge in [0, 0.05) is 17.1 Å². The number of para-hydroxylation sites is 1. The molecule has 1 atom stereocenters. The van der Waals surface area contributed by atoms with E-state index < -0.39 is 0 Å². The molecule has 0 aliphatic heterocycles. The van der Waals surface area contributed by atoms with Crippen molar-refractivity contribution in [2.24, 2.45) is 0 Å². The Morgan fingerprint density at radius 3 is 2.83 bits per heavy atom. The molecule has 0 bridgehead atoms. The van der Waals surface area contributed by atoms with Gasteiger partial charge in [-0.05, 0) is 47.8 Å². The highest BCUT2D eigenvalue weighted by atomic mass is 79.9. The van der Waals surface area contributed by atoms with Crippen LogP contribution in [0, 0.1) is 0 Å². The molecular weight excluding hydrogens is 296 g/mol. The first kappa shape index (κ1) is 15.1. The molecular formula is C13H19BrN2O2. The number of rotatable bonds is 7. The molecule has 1 unspecified atom stereocenters. The number of carbonyl (C=O) groups is 1. The number of aliphatic hydroxyl groups is 1. The van der Waals surface area contributed by atoms with Gasteiger partial charge in [0.2, 0.25) is 5.91 Å². The van der Waals surface area contributed by atoms with Gasteiger partial charge in [-0.1, -0.05) is 12.1 Å². The summed E-state index contributed by atoms with van der Waals surface area (Å²) in [6.07, 6.45) is 1.61. The number of benzene rings is 1. The highest BCUT2D eigenvalue weighted by molar-refractivity contribution is 9.10. The minimum atomic E-state index is -0.0715. The number of hydrogen-bond donors (Lipinski definition) is 3. The van der Waals surface area contributed by atoms with Crippen LogP contribution < -0.4 is 10.6 Å². The second-order valence-electron chi connectivity index (χ2n) is 4.18. The van der Waals surface area contributed by atoms with Gasteiger partial charge in [0.1, 0.15) is 0 Å². The smallest absolute Gasteiger partial charge is 0.238 e. The molecule has 18 heavy (non-hydrogen) atoms. The van der Waals surface area contributed by atoms with E-state index in [1.807, 2.05) is 31.2 Å². The summed E-state index contributed by atoms with van der Waals surface area (Å²) < 4.78 is 0.867. The van der Waals surface area contributed by atoms with Crippen LogP contribution in [-0.2, 0) is 4.79 Å². The van der Waals surface area contributed by atoms with Crippen LogP contribution in [-0.4, -0.2) is 30.2 Å². The van der Waals surface area contributed by atoms with E-state index in [0.717, 1.165) is 23.0 Å². The van der Waals surface area contributed by atoms with Crippen molar-refractivity contribution in [1.82, 2.24) is 5.32 Å². The number of nitrogens with one attached hydrogen (secondary N) is 2. The SMILES string of the molecule is CC(CCCO)NCC(=O)Nc1ccccc1Br. The number of halogens is 1. The lowest BCUT2D eigenvalue weighted by Crippen LogP contribution is -2.34. The molecule has 0 aliphatic rings. The second-order valence-corrected chi connectivity index (χ2v) is 5.03. The van der Waals surface area contributed by atoms with Crippen molar-refractivity contribution in [3.8, 4) is 0 Å². The zero-order valence-electron chi connectivity index (χ0n) is 10.4. The van der Waals surface area contributed by atoms with Gasteiger partial charge in [-0.25, -0.2) is 0 Å². The monoisotopic (exact) mass is 314 g/mol. The molecule has 0 saturated heterocycles. The summed E-state index contributed by atoms with van der Waals surface area (Å²) in [7, 11) is 0. The van der Waals surface area contributed by atoms with Gasteiger partial charge in [0.25, 0.3) is 0 Å². The Morgan fingerprint density at radius 1 is 1.44 bits per heavy atom. The molecule has 1 rings (SSSR count). The molecule has 0 heterocycles. The van der Waals surface area contributed by atoms with Crippen molar-refractivity contribution in [3.05, 3.63) is 28.7 Å². The van der Waals surface area contributed by atoms with Crippen LogP contribution in [0.3, 0.4) is 0 Å². The van der Waals surface area contributed by atoms with E-state index in [9.17, 15) is 4.79 Å². The van der Waals surface area contributed by atoms with Gasteiger partial charge in [0.05, 0.1) is 12.2 Å². The summed E-state index contributed by atoms with van der Waals surface area (Å²) in [6.45, 7) is 2.46. The minimum absolute atomic E-state index is 0.0715. The first-order valence-corrected chi connectivity index (χ1v) is 6.81. The Balaban J connectivity index is 2.32.